The van der Waals surface area contributed by atoms with Gasteiger partial charge in [-0.25, -0.2) is 17.4 Å². The average molecular weight is 445 g/mol. The van der Waals surface area contributed by atoms with Gasteiger partial charge in [0.2, 0.25) is 0 Å². The van der Waals surface area contributed by atoms with Crippen LogP contribution in [0.25, 0.3) is 22.2 Å². The van der Waals surface area contributed by atoms with E-state index in [-0.39, 0.29) is 10.6 Å². The maximum atomic E-state index is 13.0. The number of nitrogens with zero attached hydrogens (tertiary/aromatic N) is 2. The fraction of sp³-hybridized carbons (Fsp3) is 0.0476. The Morgan fingerprint density at radius 2 is 1.68 bits per heavy atom. The number of primary amides is 1. The highest BCUT2D eigenvalue weighted by molar-refractivity contribution is 7.90. The minimum absolute atomic E-state index is 0.0973. The molecule has 0 bridgehead atoms. The molecule has 10 heteroatoms. The number of hydrogen-bond acceptors (Lipinski definition) is 4. The van der Waals surface area contributed by atoms with Crippen LogP contribution in [0.1, 0.15) is 16.1 Å². The lowest BCUT2D eigenvalue weighted by molar-refractivity contribution is -0.137. The van der Waals surface area contributed by atoms with E-state index in [0.29, 0.717) is 22.2 Å². The number of rotatable bonds is 4. The fourth-order valence-corrected chi connectivity index (χ4v) is 4.50. The second-order valence-electron chi connectivity index (χ2n) is 6.68. The van der Waals surface area contributed by atoms with Crippen molar-refractivity contribution in [3.8, 4) is 11.3 Å². The number of nitrogens with two attached hydrogens (primary N) is 1. The number of hydrogen-bond donors (Lipinski definition) is 1. The van der Waals surface area contributed by atoms with Crippen molar-refractivity contribution in [2.45, 2.75) is 11.1 Å². The van der Waals surface area contributed by atoms with Gasteiger partial charge in [0, 0.05) is 17.1 Å². The standard InChI is InChI=1S/C21H14F3N3O3S/c22-21(23,24)15-5-7-16(8-6-15)31(29,30)27-11-10-14-12-13(4-9-19(14)27)17-2-1-3-18(26-17)20(25)28/h1-12H,(H2,25,28). The predicted molar refractivity (Wildman–Crippen MR) is 108 cm³/mol. The van der Waals surface area contributed by atoms with E-state index < -0.39 is 27.7 Å². The van der Waals surface area contributed by atoms with E-state index in [9.17, 15) is 26.4 Å². The highest BCUT2D eigenvalue weighted by atomic mass is 32.2. The molecule has 0 unspecified atom stereocenters. The molecule has 0 saturated heterocycles. The number of carbonyl (C=O) groups is 1. The Labute approximate surface area is 174 Å². The first-order chi connectivity index (χ1) is 14.6. The van der Waals surface area contributed by atoms with E-state index in [4.69, 9.17) is 5.73 Å². The van der Waals surface area contributed by atoms with Gasteiger partial charge >= 0.3 is 6.18 Å². The fourth-order valence-electron chi connectivity index (χ4n) is 3.15. The Kier molecular flexibility index (Phi) is 4.81. The minimum Gasteiger partial charge on any atom is -0.364 e. The molecule has 0 saturated carbocycles. The SMILES string of the molecule is NC(=O)c1cccc(-c2ccc3c(ccn3S(=O)(=O)c3ccc(C(F)(F)F)cc3)c2)n1. The molecule has 1 amide bonds. The second-order valence-corrected chi connectivity index (χ2v) is 8.50. The van der Waals surface area contributed by atoms with Crippen LogP contribution in [0.2, 0.25) is 0 Å². The molecule has 0 aliphatic carbocycles. The molecule has 0 aliphatic rings. The van der Waals surface area contributed by atoms with Crippen LogP contribution in [0.4, 0.5) is 13.2 Å². The molecular formula is C21H14F3N3O3S. The first-order valence-electron chi connectivity index (χ1n) is 8.88. The van der Waals surface area contributed by atoms with Crippen LogP contribution in [0.3, 0.4) is 0 Å². The number of fused-ring (bicyclic) bond motifs is 1. The van der Waals surface area contributed by atoms with Gasteiger partial charge in [-0.05, 0) is 54.6 Å². The van der Waals surface area contributed by atoms with Crippen molar-refractivity contribution >= 4 is 26.8 Å². The molecule has 31 heavy (non-hydrogen) atoms. The summed E-state index contributed by atoms with van der Waals surface area (Å²) in [4.78, 5) is 15.3. The quantitative estimate of drug-likeness (QED) is 0.513. The summed E-state index contributed by atoms with van der Waals surface area (Å²) >= 11 is 0. The number of benzene rings is 2. The predicted octanol–water partition coefficient (Wildman–Crippen LogP) is 4.06. The molecule has 0 atom stereocenters. The second kappa shape index (κ2) is 7.24. The molecule has 4 aromatic rings. The molecule has 2 aromatic heterocycles. The molecule has 0 radical (unpaired) electrons. The summed E-state index contributed by atoms with van der Waals surface area (Å²) in [5, 5.41) is 0.569. The number of carbonyl (C=O) groups excluding carboxylic acids is 1. The first-order valence-corrected chi connectivity index (χ1v) is 10.3. The smallest absolute Gasteiger partial charge is 0.364 e. The Morgan fingerprint density at radius 3 is 2.32 bits per heavy atom. The molecule has 0 fully saturated rings. The summed E-state index contributed by atoms with van der Waals surface area (Å²) in [5.41, 5.74) is 5.89. The summed E-state index contributed by atoms with van der Waals surface area (Å²) in [6.07, 6.45) is -3.23. The third-order valence-electron chi connectivity index (χ3n) is 4.69. The lowest BCUT2D eigenvalue weighted by atomic mass is 10.1. The third-order valence-corrected chi connectivity index (χ3v) is 6.39. The van der Waals surface area contributed by atoms with Crippen molar-refractivity contribution in [3.63, 3.8) is 0 Å². The summed E-state index contributed by atoms with van der Waals surface area (Å²) in [7, 11) is -4.11. The van der Waals surface area contributed by atoms with Gasteiger partial charge in [-0.15, -0.1) is 0 Å². The Bertz CT molecular complexity index is 1410. The molecule has 2 heterocycles. The average Bonchev–Trinajstić information content (AvgIpc) is 3.17. The summed E-state index contributed by atoms with van der Waals surface area (Å²) in [6.45, 7) is 0. The minimum atomic E-state index is -4.56. The first kappa shape index (κ1) is 20.6. The van der Waals surface area contributed by atoms with Gasteiger partial charge in [0.05, 0.1) is 21.7 Å². The van der Waals surface area contributed by atoms with Crippen LogP contribution in [-0.2, 0) is 16.2 Å². The number of halogens is 3. The van der Waals surface area contributed by atoms with Crippen LogP contribution in [-0.4, -0.2) is 23.3 Å². The normalized spacial score (nSPS) is 12.2. The van der Waals surface area contributed by atoms with Crippen molar-refractivity contribution in [1.29, 1.82) is 0 Å². The van der Waals surface area contributed by atoms with Crippen LogP contribution in [0, 0.1) is 0 Å². The van der Waals surface area contributed by atoms with E-state index >= 15 is 0 Å². The van der Waals surface area contributed by atoms with Crippen LogP contribution < -0.4 is 5.73 Å². The van der Waals surface area contributed by atoms with Gasteiger partial charge < -0.3 is 5.73 Å². The third kappa shape index (κ3) is 3.77. The van der Waals surface area contributed by atoms with Crippen molar-refractivity contribution in [3.05, 3.63) is 84.2 Å². The van der Waals surface area contributed by atoms with Crippen molar-refractivity contribution in [2.75, 3.05) is 0 Å². The lowest BCUT2D eigenvalue weighted by Crippen LogP contribution is -2.13. The molecule has 4 rings (SSSR count). The van der Waals surface area contributed by atoms with E-state index in [0.717, 1.165) is 28.2 Å². The van der Waals surface area contributed by atoms with Crippen molar-refractivity contribution in [1.82, 2.24) is 8.96 Å². The number of alkyl halides is 3. The number of aromatic nitrogens is 2. The molecule has 158 valence electrons. The zero-order chi connectivity index (χ0) is 22.4. The lowest BCUT2D eigenvalue weighted by Gasteiger charge is -2.10. The Balaban J connectivity index is 1.74. The van der Waals surface area contributed by atoms with Crippen LogP contribution >= 0.6 is 0 Å². The van der Waals surface area contributed by atoms with Crippen molar-refractivity contribution in [2.24, 2.45) is 5.73 Å². The maximum Gasteiger partial charge on any atom is 0.416 e. The van der Waals surface area contributed by atoms with Crippen LogP contribution in [0.5, 0.6) is 0 Å². The largest absolute Gasteiger partial charge is 0.416 e. The Hall–Kier alpha value is -3.66. The summed E-state index contributed by atoms with van der Waals surface area (Å²) in [6, 6.07) is 14.6. The number of amides is 1. The van der Waals surface area contributed by atoms with E-state index in [1.807, 2.05) is 0 Å². The van der Waals surface area contributed by atoms with Gasteiger partial charge in [0.25, 0.3) is 15.9 Å². The molecule has 2 aromatic carbocycles. The topological polar surface area (TPSA) is 95.0 Å². The summed E-state index contributed by atoms with van der Waals surface area (Å²) in [5.74, 6) is -0.670. The zero-order valence-electron chi connectivity index (χ0n) is 15.7. The Morgan fingerprint density at radius 1 is 0.968 bits per heavy atom. The van der Waals surface area contributed by atoms with E-state index in [1.165, 1.54) is 12.3 Å². The zero-order valence-corrected chi connectivity index (χ0v) is 16.5. The van der Waals surface area contributed by atoms with Gasteiger partial charge in [-0.1, -0.05) is 12.1 Å². The van der Waals surface area contributed by atoms with Gasteiger partial charge in [0.1, 0.15) is 5.69 Å². The highest BCUT2D eigenvalue weighted by Gasteiger charge is 2.31. The number of pyridine rings is 1. The van der Waals surface area contributed by atoms with Crippen LogP contribution in [0.15, 0.2) is 77.8 Å². The van der Waals surface area contributed by atoms with Gasteiger partial charge in [-0.2, -0.15) is 13.2 Å². The van der Waals surface area contributed by atoms with E-state index in [1.54, 1.807) is 36.4 Å². The maximum absolute atomic E-state index is 13.0. The molecule has 0 aliphatic heterocycles. The van der Waals surface area contributed by atoms with Gasteiger partial charge in [-0.3, -0.25) is 4.79 Å². The van der Waals surface area contributed by atoms with Gasteiger partial charge in [0.15, 0.2) is 0 Å². The monoisotopic (exact) mass is 445 g/mol. The molecule has 6 nitrogen and oxygen atoms in total. The summed E-state index contributed by atoms with van der Waals surface area (Å²) < 4.78 is 65.2. The molecule has 0 spiro atoms. The molecular weight excluding hydrogens is 431 g/mol. The van der Waals surface area contributed by atoms with Crippen molar-refractivity contribution < 1.29 is 26.4 Å². The highest BCUT2D eigenvalue weighted by Crippen LogP contribution is 2.31. The molecule has 2 N–H and O–H groups in total. The van der Waals surface area contributed by atoms with E-state index in [2.05, 4.69) is 4.98 Å².